The monoisotopic (exact) mass is 430 g/mol. The van der Waals surface area contributed by atoms with E-state index in [0.717, 1.165) is 64.6 Å². The minimum atomic E-state index is -0.204. The van der Waals surface area contributed by atoms with Gasteiger partial charge in [0.25, 0.3) is 0 Å². The largest absolute Gasteiger partial charge is 0.391 e. The van der Waals surface area contributed by atoms with Gasteiger partial charge in [-0.25, -0.2) is 0 Å². The zero-order chi connectivity index (χ0) is 21.6. The summed E-state index contributed by atoms with van der Waals surface area (Å²) in [7, 11) is 0. The number of carbonyl (C=O) groups excluding carboxylic acids is 1. The third-order valence-electron chi connectivity index (χ3n) is 9.96. The molecule has 0 aromatic rings. The van der Waals surface area contributed by atoms with Crippen LogP contribution in [0.1, 0.15) is 65.2 Å². The van der Waals surface area contributed by atoms with Crippen LogP contribution in [0.25, 0.3) is 0 Å². The molecule has 2 N–H and O–H groups in total. The van der Waals surface area contributed by atoms with E-state index >= 15 is 0 Å². The SMILES string of the molecule is C[C@]12CC/C(=N/O[C@@H]3CCNC3)CC1CNC(CN=O)[C@@H]1[C@@H]2CC[C@]2(C)C(=O)CC[C@@H]12. The van der Waals surface area contributed by atoms with Crippen molar-refractivity contribution in [2.45, 2.75) is 77.4 Å². The number of Topliss-reactive ketones (excluding diaryl/α,β-unsaturated/α-hetero) is 1. The number of oxime groups is 1. The smallest absolute Gasteiger partial charge is 0.141 e. The topological polar surface area (TPSA) is 92.2 Å². The van der Waals surface area contributed by atoms with Crippen molar-refractivity contribution < 1.29 is 9.63 Å². The first-order valence-electron chi connectivity index (χ1n) is 12.4. The molecule has 5 rings (SSSR count). The van der Waals surface area contributed by atoms with Gasteiger partial charge < -0.3 is 15.5 Å². The molecule has 3 saturated carbocycles. The Balaban J connectivity index is 1.40. The second-order valence-electron chi connectivity index (χ2n) is 11.3. The molecule has 2 aliphatic heterocycles. The lowest BCUT2D eigenvalue weighted by molar-refractivity contribution is -0.132. The molecule has 0 aromatic carbocycles. The van der Waals surface area contributed by atoms with Gasteiger partial charge in [-0.2, -0.15) is 4.91 Å². The number of fused-ring (bicyclic) bond motifs is 5. The molecule has 0 amide bonds. The van der Waals surface area contributed by atoms with Gasteiger partial charge in [0.15, 0.2) is 0 Å². The molecule has 2 unspecified atom stereocenters. The van der Waals surface area contributed by atoms with E-state index in [1.165, 1.54) is 5.71 Å². The second kappa shape index (κ2) is 8.22. The fourth-order valence-corrected chi connectivity index (χ4v) is 7.98. The summed E-state index contributed by atoms with van der Waals surface area (Å²) in [5.41, 5.74) is 1.19. The van der Waals surface area contributed by atoms with Gasteiger partial charge in [-0.3, -0.25) is 4.79 Å². The van der Waals surface area contributed by atoms with Gasteiger partial charge in [-0.1, -0.05) is 24.2 Å². The maximum atomic E-state index is 12.8. The van der Waals surface area contributed by atoms with Crippen molar-refractivity contribution in [3.05, 3.63) is 4.91 Å². The van der Waals surface area contributed by atoms with Gasteiger partial charge in [-0.15, -0.1) is 0 Å². The highest BCUT2D eigenvalue weighted by Gasteiger charge is 2.61. The number of hydrogen-bond donors (Lipinski definition) is 2. The predicted octanol–water partition coefficient (Wildman–Crippen LogP) is 3.28. The van der Waals surface area contributed by atoms with Crippen LogP contribution < -0.4 is 10.6 Å². The van der Waals surface area contributed by atoms with Crippen molar-refractivity contribution in [3.8, 4) is 0 Å². The zero-order valence-electron chi connectivity index (χ0n) is 19.1. The Hall–Kier alpha value is -1.34. The van der Waals surface area contributed by atoms with E-state index in [9.17, 15) is 9.70 Å². The summed E-state index contributed by atoms with van der Waals surface area (Å²) in [6, 6.07) is 0.0849. The van der Waals surface area contributed by atoms with E-state index in [0.29, 0.717) is 42.4 Å². The molecule has 2 heterocycles. The molecule has 172 valence electrons. The molecule has 8 atom stereocenters. The van der Waals surface area contributed by atoms with Crippen LogP contribution in [-0.4, -0.2) is 49.8 Å². The van der Waals surface area contributed by atoms with E-state index in [-0.39, 0.29) is 23.0 Å². The van der Waals surface area contributed by atoms with Gasteiger partial charge in [0, 0.05) is 30.8 Å². The van der Waals surface area contributed by atoms with Crippen molar-refractivity contribution in [1.29, 1.82) is 0 Å². The van der Waals surface area contributed by atoms with Crippen molar-refractivity contribution in [2.75, 3.05) is 26.2 Å². The van der Waals surface area contributed by atoms with Crippen molar-refractivity contribution in [3.63, 3.8) is 0 Å². The van der Waals surface area contributed by atoms with Crippen LogP contribution in [0.2, 0.25) is 0 Å². The number of rotatable bonds is 4. The summed E-state index contributed by atoms with van der Waals surface area (Å²) < 4.78 is 0. The van der Waals surface area contributed by atoms with E-state index in [1.807, 2.05) is 0 Å². The fourth-order valence-electron chi connectivity index (χ4n) is 7.98. The zero-order valence-corrected chi connectivity index (χ0v) is 19.1. The fraction of sp³-hybridized carbons (Fsp3) is 0.917. The van der Waals surface area contributed by atoms with Crippen molar-refractivity contribution in [2.24, 2.45) is 44.8 Å². The van der Waals surface area contributed by atoms with Gasteiger partial charge in [0.2, 0.25) is 0 Å². The Morgan fingerprint density at radius 2 is 1.97 bits per heavy atom. The Labute approximate surface area is 185 Å². The Bertz CT molecular complexity index is 751. The standard InChI is InChI=1S/C24H38N4O3/c1-23-8-5-16(28-31-17-7-10-25-13-17)11-15(23)12-26-20(14-27-30)22-18-3-4-21(29)24(18,2)9-6-19(22)23/h15,17-20,22,25-26H,3-14H2,1-2H3/b28-16-/t15?,17-,18+,19+,20?,22+,23+,24+/m1/s1. The average Bonchev–Trinajstić information content (AvgIpc) is 3.36. The molecule has 7 heteroatoms. The summed E-state index contributed by atoms with van der Waals surface area (Å²) in [6.07, 6.45) is 8.08. The third-order valence-corrected chi connectivity index (χ3v) is 9.96. The van der Waals surface area contributed by atoms with Gasteiger partial charge in [-0.05, 0) is 80.7 Å². The number of hydrogen-bond acceptors (Lipinski definition) is 7. The minimum Gasteiger partial charge on any atom is -0.391 e. The van der Waals surface area contributed by atoms with Gasteiger partial charge in [0.05, 0.1) is 12.3 Å². The second-order valence-corrected chi connectivity index (χ2v) is 11.3. The molecule has 0 spiro atoms. The lowest BCUT2D eigenvalue weighted by Gasteiger charge is -2.55. The molecular weight excluding hydrogens is 392 g/mol. The predicted molar refractivity (Wildman–Crippen MR) is 120 cm³/mol. The molecule has 7 nitrogen and oxygen atoms in total. The molecule has 2 saturated heterocycles. The van der Waals surface area contributed by atoms with Crippen molar-refractivity contribution in [1.82, 2.24) is 10.6 Å². The first-order valence-corrected chi connectivity index (χ1v) is 12.4. The minimum absolute atomic E-state index is 0.0849. The highest BCUT2D eigenvalue weighted by atomic mass is 16.6. The Kier molecular flexibility index (Phi) is 5.70. The number of nitrogens with one attached hydrogen (secondary N) is 2. The molecule has 5 fully saturated rings. The average molecular weight is 431 g/mol. The molecule has 0 bridgehead atoms. The van der Waals surface area contributed by atoms with Crippen LogP contribution in [0.5, 0.6) is 0 Å². The lowest BCUT2D eigenvalue weighted by Crippen LogP contribution is -2.53. The summed E-state index contributed by atoms with van der Waals surface area (Å²) in [4.78, 5) is 30.0. The number of nitroso groups, excluding NO2 is 1. The first-order chi connectivity index (χ1) is 15.0. The molecule has 0 aromatic heterocycles. The molecule has 5 aliphatic rings. The highest BCUT2D eigenvalue weighted by molar-refractivity contribution is 5.87. The molecular formula is C24H38N4O3. The van der Waals surface area contributed by atoms with E-state index in [4.69, 9.17) is 4.84 Å². The first kappa shape index (κ1) is 21.5. The van der Waals surface area contributed by atoms with Crippen LogP contribution >= 0.6 is 0 Å². The summed E-state index contributed by atoms with van der Waals surface area (Å²) in [5.74, 6) is 2.19. The summed E-state index contributed by atoms with van der Waals surface area (Å²) >= 11 is 0. The molecule has 31 heavy (non-hydrogen) atoms. The quantitative estimate of drug-likeness (QED) is 0.527. The normalized spacial score (nSPS) is 48.6. The maximum Gasteiger partial charge on any atom is 0.141 e. The number of ketones is 1. The number of carbonyl (C=O) groups is 1. The number of nitrogens with zero attached hydrogens (tertiary/aromatic N) is 2. The van der Waals surface area contributed by atoms with Crippen molar-refractivity contribution >= 4 is 11.5 Å². The summed E-state index contributed by atoms with van der Waals surface area (Å²) in [5, 5.41) is 15.0. The van der Waals surface area contributed by atoms with Crippen LogP contribution in [0, 0.1) is 39.4 Å². The molecule has 3 aliphatic carbocycles. The van der Waals surface area contributed by atoms with Gasteiger partial charge in [0.1, 0.15) is 11.9 Å². The van der Waals surface area contributed by atoms with Crippen LogP contribution in [0.3, 0.4) is 0 Å². The van der Waals surface area contributed by atoms with E-state index in [1.54, 1.807) is 0 Å². The van der Waals surface area contributed by atoms with E-state index < -0.39 is 0 Å². The Morgan fingerprint density at radius 1 is 1.10 bits per heavy atom. The highest BCUT2D eigenvalue weighted by Crippen LogP contribution is 2.62. The van der Waals surface area contributed by atoms with Crippen LogP contribution in [0.4, 0.5) is 0 Å². The van der Waals surface area contributed by atoms with E-state index in [2.05, 4.69) is 34.8 Å². The lowest BCUT2D eigenvalue weighted by atomic mass is 9.49. The molecule has 0 radical (unpaired) electrons. The van der Waals surface area contributed by atoms with Crippen LogP contribution in [0.15, 0.2) is 10.3 Å². The Morgan fingerprint density at radius 3 is 2.74 bits per heavy atom. The summed E-state index contributed by atoms with van der Waals surface area (Å²) in [6.45, 7) is 7.78. The third kappa shape index (κ3) is 3.56. The van der Waals surface area contributed by atoms with Crippen LogP contribution in [-0.2, 0) is 9.63 Å². The van der Waals surface area contributed by atoms with Gasteiger partial charge >= 0.3 is 0 Å². The maximum absolute atomic E-state index is 12.8.